The van der Waals surface area contributed by atoms with Crippen molar-refractivity contribution in [1.82, 2.24) is 5.32 Å². The predicted molar refractivity (Wildman–Crippen MR) is 343 cm³/mol. The van der Waals surface area contributed by atoms with Gasteiger partial charge in [0.05, 0.1) is 25.4 Å². The van der Waals surface area contributed by atoms with E-state index in [1.165, 1.54) is 347 Å². The van der Waals surface area contributed by atoms with E-state index in [9.17, 15) is 19.8 Å². The van der Waals surface area contributed by atoms with Crippen LogP contribution in [0.15, 0.2) is 12.2 Å². The number of hydrogen-bond donors (Lipinski definition) is 3. The summed E-state index contributed by atoms with van der Waals surface area (Å²) < 4.78 is 5.51. The Morgan fingerprint density at radius 2 is 0.590 bits per heavy atom. The van der Waals surface area contributed by atoms with Crippen molar-refractivity contribution in [2.75, 3.05) is 13.2 Å². The predicted octanol–water partition coefficient (Wildman–Crippen LogP) is 23.1. The molecule has 6 nitrogen and oxygen atoms in total. The molecule has 0 aliphatic rings. The van der Waals surface area contributed by atoms with Gasteiger partial charge < -0.3 is 20.3 Å². The molecule has 0 rings (SSSR count). The molecule has 1 amide bonds. The molecule has 0 aliphatic heterocycles. The lowest BCUT2D eigenvalue weighted by Gasteiger charge is -2.20. The topological polar surface area (TPSA) is 95.9 Å². The van der Waals surface area contributed by atoms with Crippen LogP contribution in [0.1, 0.15) is 412 Å². The first-order valence-corrected chi connectivity index (χ1v) is 36.0. The minimum absolute atomic E-state index is 0.0153. The summed E-state index contributed by atoms with van der Waals surface area (Å²) in [5.74, 6) is -0.0493. The first-order chi connectivity index (χ1) is 38.5. The van der Waals surface area contributed by atoms with Crippen molar-refractivity contribution in [3.8, 4) is 0 Å². The quantitative estimate of drug-likeness (QED) is 0.0320. The fourth-order valence-electron chi connectivity index (χ4n) is 11.6. The third-order valence-electron chi connectivity index (χ3n) is 17.1. The lowest BCUT2D eigenvalue weighted by atomic mass is 10.0. The standard InChI is InChI=1S/C72H141NO5/c1-3-5-7-9-11-13-15-17-19-21-22-23-24-25-26-29-33-36-40-44-48-52-56-60-64-70(75)69(68-74)73-71(76)65-61-57-53-49-45-41-37-34-30-27-28-31-35-39-43-47-51-55-59-63-67-78-72(77)66-62-58-54-50-46-42-38-32-20-18-16-14-12-10-8-6-4-2/h60,64,69-70,74-75H,3-59,61-63,65-68H2,1-2H3,(H,73,76)/b64-60+. The number of nitrogens with one attached hydrogen (secondary N) is 1. The molecule has 0 heterocycles. The number of ether oxygens (including phenoxy) is 1. The lowest BCUT2D eigenvalue weighted by Crippen LogP contribution is -2.45. The van der Waals surface area contributed by atoms with Crippen molar-refractivity contribution < 1.29 is 24.5 Å². The first-order valence-electron chi connectivity index (χ1n) is 36.0. The number of unbranched alkanes of at least 4 members (excludes halogenated alkanes) is 57. The second-order valence-corrected chi connectivity index (χ2v) is 24.9. The molecule has 0 aromatic carbocycles. The molecule has 6 heteroatoms. The van der Waals surface area contributed by atoms with Gasteiger partial charge in [-0.25, -0.2) is 0 Å². The number of carbonyl (C=O) groups excluding carboxylic acids is 2. The van der Waals surface area contributed by atoms with E-state index in [4.69, 9.17) is 4.74 Å². The summed E-state index contributed by atoms with van der Waals surface area (Å²) in [5.41, 5.74) is 0. The Balaban J connectivity index is 3.40. The average molecular weight is 1100 g/mol. The Labute approximate surface area is 489 Å². The van der Waals surface area contributed by atoms with Crippen molar-refractivity contribution in [2.24, 2.45) is 0 Å². The number of aliphatic hydroxyl groups excluding tert-OH is 2. The van der Waals surface area contributed by atoms with E-state index in [1.807, 2.05) is 6.08 Å². The number of allylic oxidation sites excluding steroid dienone is 1. The Morgan fingerprint density at radius 3 is 0.872 bits per heavy atom. The van der Waals surface area contributed by atoms with E-state index in [1.54, 1.807) is 6.08 Å². The van der Waals surface area contributed by atoms with Crippen molar-refractivity contribution in [1.29, 1.82) is 0 Å². The van der Waals surface area contributed by atoms with Gasteiger partial charge in [0.2, 0.25) is 5.91 Å². The zero-order valence-electron chi connectivity index (χ0n) is 53.2. The van der Waals surface area contributed by atoms with Gasteiger partial charge in [-0.1, -0.05) is 379 Å². The van der Waals surface area contributed by atoms with Gasteiger partial charge in [-0.05, 0) is 32.1 Å². The maximum Gasteiger partial charge on any atom is 0.305 e. The fourth-order valence-corrected chi connectivity index (χ4v) is 11.6. The molecule has 0 radical (unpaired) electrons. The van der Waals surface area contributed by atoms with E-state index in [0.717, 1.165) is 38.5 Å². The maximum absolute atomic E-state index is 12.5. The van der Waals surface area contributed by atoms with E-state index in [2.05, 4.69) is 19.2 Å². The summed E-state index contributed by atoms with van der Waals surface area (Å²) in [7, 11) is 0. The van der Waals surface area contributed by atoms with Gasteiger partial charge in [-0.15, -0.1) is 0 Å². The summed E-state index contributed by atoms with van der Waals surface area (Å²) in [5, 5.41) is 23.3. The molecule has 2 unspecified atom stereocenters. The van der Waals surface area contributed by atoms with E-state index in [-0.39, 0.29) is 18.5 Å². The molecule has 0 fully saturated rings. The van der Waals surface area contributed by atoms with Crippen LogP contribution in [0.5, 0.6) is 0 Å². The van der Waals surface area contributed by atoms with Gasteiger partial charge in [0.1, 0.15) is 0 Å². The molecule has 0 saturated carbocycles. The molecule has 0 aliphatic carbocycles. The Hall–Kier alpha value is -1.40. The van der Waals surface area contributed by atoms with Crippen LogP contribution in [-0.4, -0.2) is 47.4 Å². The Kier molecular flexibility index (Phi) is 66.9. The molecular weight excluding hydrogens is 959 g/mol. The van der Waals surface area contributed by atoms with E-state index in [0.29, 0.717) is 19.4 Å². The number of esters is 1. The molecule has 0 saturated heterocycles. The number of rotatable bonds is 68. The molecule has 78 heavy (non-hydrogen) atoms. The van der Waals surface area contributed by atoms with Gasteiger partial charge in [-0.3, -0.25) is 9.59 Å². The highest BCUT2D eigenvalue weighted by Crippen LogP contribution is 2.19. The minimum Gasteiger partial charge on any atom is -0.466 e. The van der Waals surface area contributed by atoms with Gasteiger partial charge >= 0.3 is 5.97 Å². The summed E-state index contributed by atoms with van der Waals surface area (Å²) in [6.45, 7) is 4.95. The second-order valence-electron chi connectivity index (χ2n) is 24.9. The van der Waals surface area contributed by atoms with Crippen LogP contribution < -0.4 is 5.32 Å². The van der Waals surface area contributed by atoms with Crippen LogP contribution in [0.3, 0.4) is 0 Å². The highest BCUT2D eigenvalue weighted by molar-refractivity contribution is 5.76. The van der Waals surface area contributed by atoms with E-state index >= 15 is 0 Å². The molecule has 464 valence electrons. The average Bonchev–Trinajstić information content (AvgIpc) is 3.44. The molecular formula is C72H141NO5. The van der Waals surface area contributed by atoms with Crippen molar-refractivity contribution in [2.45, 2.75) is 424 Å². The smallest absolute Gasteiger partial charge is 0.305 e. The molecule has 0 aromatic rings. The molecule has 3 N–H and O–H groups in total. The van der Waals surface area contributed by atoms with Crippen LogP contribution >= 0.6 is 0 Å². The molecule has 0 spiro atoms. The summed E-state index contributed by atoms with van der Waals surface area (Å²) in [6, 6.07) is -0.630. The first kappa shape index (κ1) is 76.6. The van der Waals surface area contributed by atoms with Gasteiger partial charge in [0.15, 0.2) is 0 Å². The third-order valence-corrected chi connectivity index (χ3v) is 17.1. The molecule has 0 aromatic heterocycles. The largest absolute Gasteiger partial charge is 0.466 e. The van der Waals surface area contributed by atoms with Gasteiger partial charge in [-0.2, -0.15) is 0 Å². The summed E-state index contributed by atoms with van der Waals surface area (Å²) in [6.07, 6.45) is 84.3. The Morgan fingerprint density at radius 1 is 0.346 bits per heavy atom. The SMILES string of the molecule is CCCCCCCCCCCCCCCCCCCCCCCC/C=C/C(O)C(CO)NC(=O)CCCCCCCCCCCCCCCCCCCCCCOC(=O)CCCCCCCCCCCCCCCCCCC. The monoisotopic (exact) mass is 1100 g/mol. The van der Waals surface area contributed by atoms with Crippen LogP contribution in [0.4, 0.5) is 0 Å². The summed E-state index contributed by atoms with van der Waals surface area (Å²) in [4.78, 5) is 24.6. The third kappa shape index (κ3) is 63.8. The fraction of sp³-hybridized carbons (Fsp3) is 0.944. The zero-order chi connectivity index (χ0) is 56.4. The highest BCUT2D eigenvalue weighted by atomic mass is 16.5. The van der Waals surface area contributed by atoms with Crippen molar-refractivity contribution in [3.63, 3.8) is 0 Å². The van der Waals surface area contributed by atoms with Crippen LogP contribution in [-0.2, 0) is 14.3 Å². The number of amides is 1. The van der Waals surface area contributed by atoms with Crippen molar-refractivity contribution >= 4 is 11.9 Å². The zero-order valence-corrected chi connectivity index (χ0v) is 53.2. The number of hydrogen-bond acceptors (Lipinski definition) is 5. The van der Waals surface area contributed by atoms with Crippen LogP contribution in [0.25, 0.3) is 0 Å². The Bertz CT molecular complexity index is 1180. The second kappa shape index (κ2) is 68.1. The minimum atomic E-state index is -0.847. The van der Waals surface area contributed by atoms with E-state index < -0.39 is 12.1 Å². The molecule has 0 bridgehead atoms. The number of aliphatic hydroxyl groups is 2. The van der Waals surface area contributed by atoms with Gasteiger partial charge in [0, 0.05) is 12.8 Å². The van der Waals surface area contributed by atoms with Crippen LogP contribution in [0.2, 0.25) is 0 Å². The normalized spacial score (nSPS) is 12.5. The maximum atomic E-state index is 12.5. The lowest BCUT2D eigenvalue weighted by molar-refractivity contribution is -0.143. The van der Waals surface area contributed by atoms with Crippen LogP contribution in [0, 0.1) is 0 Å². The highest BCUT2D eigenvalue weighted by Gasteiger charge is 2.18. The number of carbonyl (C=O) groups is 2. The van der Waals surface area contributed by atoms with Crippen molar-refractivity contribution in [3.05, 3.63) is 12.2 Å². The van der Waals surface area contributed by atoms with Gasteiger partial charge in [0.25, 0.3) is 0 Å². The summed E-state index contributed by atoms with van der Waals surface area (Å²) >= 11 is 0. The molecule has 2 atom stereocenters.